The summed E-state index contributed by atoms with van der Waals surface area (Å²) in [7, 11) is 0. The number of aryl methyl sites for hydroxylation is 1. The number of carbonyl (C=O) groups excluding carboxylic acids is 1. The maximum atomic E-state index is 12.2. The fourth-order valence-electron chi connectivity index (χ4n) is 2.88. The Morgan fingerprint density at radius 2 is 1.96 bits per heavy atom. The normalized spacial score (nSPS) is 10.8. The molecule has 0 aliphatic rings. The second-order valence-corrected chi connectivity index (χ2v) is 6.92. The molecule has 0 fully saturated rings. The average Bonchev–Trinajstić information content (AvgIpc) is 3.10. The number of hydrogen-bond acceptors (Lipinski definition) is 3. The van der Waals surface area contributed by atoms with E-state index in [0.717, 1.165) is 29.2 Å². The summed E-state index contributed by atoms with van der Waals surface area (Å²) in [6, 6.07) is 15.5. The highest BCUT2D eigenvalue weighted by molar-refractivity contribution is 5.91. The average molecular weight is 363 g/mol. The predicted octanol–water partition coefficient (Wildman–Crippen LogP) is 4.38. The zero-order valence-corrected chi connectivity index (χ0v) is 16.0. The molecule has 1 amide bonds. The molecule has 0 saturated heterocycles. The Bertz CT molecular complexity index is 898. The van der Waals surface area contributed by atoms with Gasteiger partial charge in [-0.15, -0.1) is 0 Å². The summed E-state index contributed by atoms with van der Waals surface area (Å²) in [5.41, 5.74) is 3.02. The topological polar surface area (TPSA) is 56.1 Å². The molecule has 0 bridgehead atoms. The van der Waals surface area contributed by atoms with Crippen LogP contribution < -0.4 is 10.1 Å². The molecule has 0 aliphatic heterocycles. The van der Waals surface area contributed by atoms with Crippen LogP contribution in [0.3, 0.4) is 0 Å². The standard InChI is InChI=1S/C22H25N3O2/c1-16(2)22-23-11-12-25(22)14-18-5-4-6-19(13-18)24-21(26)15-27-20-9-7-17(3)8-10-20/h4-13,16H,14-15H2,1-3H3,(H,24,26). The molecule has 0 spiro atoms. The maximum Gasteiger partial charge on any atom is 0.262 e. The van der Waals surface area contributed by atoms with Crippen LogP contribution in [0.2, 0.25) is 0 Å². The van der Waals surface area contributed by atoms with E-state index in [9.17, 15) is 4.79 Å². The van der Waals surface area contributed by atoms with Gasteiger partial charge < -0.3 is 14.6 Å². The lowest BCUT2D eigenvalue weighted by Crippen LogP contribution is -2.20. The lowest BCUT2D eigenvalue weighted by molar-refractivity contribution is -0.118. The van der Waals surface area contributed by atoms with Gasteiger partial charge in [0, 0.05) is 30.5 Å². The zero-order chi connectivity index (χ0) is 19.2. The molecule has 1 aromatic heterocycles. The number of anilines is 1. The van der Waals surface area contributed by atoms with Crippen molar-refractivity contribution >= 4 is 11.6 Å². The number of nitrogens with one attached hydrogen (secondary N) is 1. The summed E-state index contributed by atoms with van der Waals surface area (Å²) in [5, 5.41) is 2.89. The molecule has 0 aliphatic carbocycles. The van der Waals surface area contributed by atoms with Gasteiger partial charge in [0.15, 0.2) is 6.61 Å². The summed E-state index contributed by atoms with van der Waals surface area (Å²) in [6.45, 7) is 6.97. The van der Waals surface area contributed by atoms with E-state index in [1.165, 1.54) is 0 Å². The molecule has 5 nitrogen and oxygen atoms in total. The van der Waals surface area contributed by atoms with Crippen molar-refractivity contribution in [3.8, 4) is 5.75 Å². The van der Waals surface area contributed by atoms with E-state index >= 15 is 0 Å². The van der Waals surface area contributed by atoms with E-state index in [2.05, 4.69) is 28.7 Å². The van der Waals surface area contributed by atoms with E-state index in [4.69, 9.17) is 4.74 Å². The van der Waals surface area contributed by atoms with Gasteiger partial charge in [-0.1, -0.05) is 43.7 Å². The highest BCUT2D eigenvalue weighted by Gasteiger charge is 2.09. The number of hydrogen-bond donors (Lipinski definition) is 1. The third-order valence-corrected chi connectivity index (χ3v) is 4.22. The van der Waals surface area contributed by atoms with Crippen molar-refractivity contribution in [1.82, 2.24) is 9.55 Å². The van der Waals surface area contributed by atoms with Crippen molar-refractivity contribution in [3.63, 3.8) is 0 Å². The summed E-state index contributed by atoms with van der Waals surface area (Å²) < 4.78 is 7.66. The van der Waals surface area contributed by atoms with Gasteiger partial charge in [-0.3, -0.25) is 4.79 Å². The summed E-state index contributed by atoms with van der Waals surface area (Å²) in [4.78, 5) is 16.6. The summed E-state index contributed by atoms with van der Waals surface area (Å²) in [6.07, 6.45) is 3.80. The molecular formula is C22H25N3O2. The fraction of sp³-hybridized carbons (Fsp3) is 0.273. The number of benzene rings is 2. The Balaban J connectivity index is 1.59. The Morgan fingerprint density at radius 1 is 1.19 bits per heavy atom. The fourth-order valence-corrected chi connectivity index (χ4v) is 2.88. The van der Waals surface area contributed by atoms with Crippen molar-refractivity contribution < 1.29 is 9.53 Å². The molecule has 0 radical (unpaired) electrons. The molecule has 3 rings (SSSR count). The minimum Gasteiger partial charge on any atom is -0.484 e. The number of rotatable bonds is 7. The van der Waals surface area contributed by atoms with Gasteiger partial charge in [0.05, 0.1) is 0 Å². The highest BCUT2D eigenvalue weighted by Crippen LogP contribution is 2.17. The first-order chi connectivity index (χ1) is 13.0. The molecule has 0 atom stereocenters. The smallest absolute Gasteiger partial charge is 0.262 e. The number of nitrogens with zero attached hydrogens (tertiary/aromatic N) is 2. The van der Waals surface area contributed by atoms with Gasteiger partial charge in [-0.2, -0.15) is 0 Å². The monoisotopic (exact) mass is 363 g/mol. The van der Waals surface area contributed by atoms with Gasteiger partial charge in [0.1, 0.15) is 11.6 Å². The van der Waals surface area contributed by atoms with Crippen LogP contribution in [0, 0.1) is 6.92 Å². The molecular weight excluding hydrogens is 338 g/mol. The first-order valence-corrected chi connectivity index (χ1v) is 9.10. The number of aromatic nitrogens is 2. The first-order valence-electron chi connectivity index (χ1n) is 9.10. The molecule has 3 aromatic rings. The molecule has 5 heteroatoms. The van der Waals surface area contributed by atoms with Gasteiger partial charge in [0.2, 0.25) is 0 Å². The van der Waals surface area contributed by atoms with E-state index < -0.39 is 0 Å². The molecule has 0 unspecified atom stereocenters. The van der Waals surface area contributed by atoms with Crippen LogP contribution in [-0.4, -0.2) is 22.1 Å². The third-order valence-electron chi connectivity index (χ3n) is 4.22. The van der Waals surface area contributed by atoms with Gasteiger partial charge in [-0.05, 0) is 36.8 Å². The van der Waals surface area contributed by atoms with Crippen LogP contribution in [0.5, 0.6) is 5.75 Å². The second-order valence-electron chi connectivity index (χ2n) is 6.92. The van der Waals surface area contributed by atoms with Crippen LogP contribution in [0.25, 0.3) is 0 Å². The van der Waals surface area contributed by atoms with Crippen LogP contribution >= 0.6 is 0 Å². The predicted molar refractivity (Wildman–Crippen MR) is 107 cm³/mol. The lowest BCUT2D eigenvalue weighted by Gasteiger charge is -2.12. The number of carbonyl (C=O) groups is 1. The van der Waals surface area contributed by atoms with E-state index in [-0.39, 0.29) is 12.5 Å². The van der Waals surface area contributed by atoms with Crippen LogP contribution in [0.1, 0.15) is 36.7 Å². The molecule has 1 heterocycles. The van der Waals surface area contributed by atoms with Crippen LogP contribution in [0.4, 0.5) is 5.69 Å². The summed E-state index contributed by atoms with van der Waals surface area (Å²) in [5.74, 6) is 1.92. The van der Waals surface area contributed by atoms with Crippen LogP contribution in [-0.2, 0) is 11.3 Å². The van der Waals surface area contributed by atoms with Crippen molar-refractivity contribution in [2.75, 3.05) is 11.9 Å². The number of imidazole rings is 1. The minimum absolute atomic E-state index is 0.0215. The molecule has 2 aromatic carbocycles. The Kier molecular flexibility index (Phi) is 5.91. The second kappa shape index (κ2) is 8.54. The highest BCUT2D eigenvalue weighted by atomic mass is 16.5. The van der Waals surface area contributed by atoms with E-state index in [0.29, 0.717) is 11.7 Å². The van der Waals surface area contributed by atoms with Crippen LogP contribution in [0.15, 0.2) is 60.9 Å². The molecule has 0 saturated carbocycles. The Labute approximate surface area is 160 Å². The molecule has 27 heavy (non-hydrogen) atoms. The van der Waals surface area contributed by atoms with Crippen molar-refractivity contribution in [1.29, 1.82) is 0 Å². The van der Waals surface area contributed by atoms with Gasteiger partial charge >= 0.3 is 0 Å². The van der Waals surface area contributed by atoms with E-state index in [1.54, 1.807) is 0 Å². The first kappa shape index (κ1) is 18.7. The number of amides is 1. The number of ether oxygens (including phenoxy) is 1. The van der Waals surface area contributed by atoms with Gasteiger partial charge in [-0.25, -0.2) is 4.98 Å². The SMILES string of the molecule is Cc1ccc(OCC(=O)Nc2cccc(Cn3ccnc3C(C)C)c2)cc1. The van der Waals surface area contributed by atoms with E-state index in [1.807, 2.05) is 67.8 Å². The van der Waals surface area contributed by atoms with Crippen molar-refractivity contribution in [3.05, 3.63) is 77.9 Å². The lowest BCUT2D eigenvalue weighted by atomic mass is 10.1. The Morgan fingerprint density at radius 3 is 2.70 bits per heavy atom. The van der Waals surface area contributed by atoms with Gasteiger partial charge in [0.25, 0.3) is 5.91 Å². The third kappa shape index (κ3) is 5.20. The summed E-state index contributed by atoms with van der Waals surface area (Å²) >= 11 is 0. The zero-order valence-electron chi connectivity index (χ0n) is 16.0. The van der Waals surface area contributed by atoms with Crippen molar-refractivity contribution in [2.45, 2.75) is 33.2 Å². The largest absolute Gasteiger partial charge is 0.484 e. The quantitative estimate of drug-likeness (QED) is 0.678. The molecule has 1 N–H and O–H groups in total. The molecule has 140 valence electrons. The maximum absolute atomic E-state index is 12.2. The minimum atomic E-state index is -0.182. The van der Waals surface area contributed by atoms with Crippen molar-refractivity contribution in [2.24, 2.45) is 0 Å². The Hall–Kier alpha value is -3.08.